The van der Waals surface area contributed by atoms with Gasteiger partial charge >= 0.3 is 35.8 Å². The van der Waals surface area contributed by atoms with E-state index >= 15 is 0 Å². The molecule has 0 aliphatic heterocycles. The van der Waals surface area contributed by atoms with Crippen molar-refractivity contribution in [3.05, 3.63) is 24.3 Å². The fraction of sp³-hybridized carbons (Fsp3) is 0.821. The van der Waals surface area contributed by atoms with Gasteiger partial charge in [-0.15, -0.1) is 0 Å². The Morgan fingerprint density at radius 3 is 1.12 bits per heavy atom. The predicted octanol–water partition coefficient (Wildman–Crippen LogP) is 3.69. The monoisotopic (exact) mass is 1100 g/mol. The van der Waals surface area contributed by atoms with E-state index in [1.165, 1.54) is 13.8 Å². The summed E-state index contributed by atoms with van der Waals surface area (Å²) in [5, 5.41) is 21.8. The summed E-state index contributed by atoms with van der Waals surface area (Å²) in [6, 6.07) is 0. The highest BCUT2D eigenvalue weighted by atomic mass is 35.5. The SMILES string of the molecule is C.C.CCCCCC(OC(=O)C[N+](C)(C)CCOC(C)=O)C(O)C/C=C\CCCCCCCC(=O)OCCOC(=O)CCCCCCC/C=C\CC(O)C(CCCCC)OC(=O)C[N+](C)(C)CCOC(C)=O.[Cl-].[Cl-]. The topological polar surface area (TPSA) is 198 Å². The largest absolute Gasteiger partial charge is 1.00 e. The Labute approximate surface area is 461 Å². The molecule has 0 spiro atoms. The van der Waals surface area contributed by atoms with Crippen LogP contribution in [-0.2, 0) is 57.2 Å². The highest BCUT2D eigenvalue weighted by Gasteiger charge is 2.29. The molecule has 0 aromatic carbocycles. The minimum absolute atomic E-state index is 0. The van der Waals surface area contributed by atoms with Crippen LogP contribution >= 0.6 is 0 Å². The first kappa shape index (κ1) is 79.6. The lowest BCUT2D eigenvalue weighted by atomic mass is 10.0. The van der Waals surface area contributed by atoms with Crippen LogP contribution in [0, 0.1) is 0 Å². The minimum atomic E-state index is -0.788. The third-order valence-electron chi connectivity index (χ3n) is 11.9. The highest BCUT2D eigenvalue weighted by Crippen LogP contribution is 2.18. The zero-order valence-electron chi connectivity index (χ0n) is 45.7. The zero-order chi connectivity index (χ0) is 52.5. The molecule has 438 valence electrons. The Hall–Kier alpha value is -3.28. The van der Waals surface area contributed by atoms with E-state index in [-0.39, 0.29) is 115 Å². The first-order chi connectivity index (χ1) is 33.3. The Balaban J connectivity index is -0.00000397. The van der Waals surface area contributed by atoms with Gasteiger partial charge in [0.25, 0.3) is 0 Å². The van der Waals surface area contributed by atoms with Gasteiger partial charge in [-0.2, -0.15) is 0 Å². The molecule has 0 heterocycles. The molecule has 0 aromatic rings. The van der Waals surface area contributed by atoms with Gasteiger partial charge in [0.05, 0.1) is 40.4 Å². The highest BCUT2D eigenvalue weighted by molar-refractivity contribution is 5.71. The normalized spacial score (nSPS) is 12.9. The number of esters is 6. The van der Waals surface area contributed by atoms with E-state index in [1.807, 2.05) is 40.3 Å². The molecule has 18 heteroatoms. The lowest BCUT2D eigenvalue weighted by Crippen LogP contribution is -3.00. The molecular weight excluding hydrogens is 996 g/mol. The zero-order valence-corrected chi connectivity index (χ0v) is 47.2. The molecule has 16 nitrogen and oxygen atoms in total. The summed E-state index contributed by atoms with van der Waals surface area (Å²) in [5.41, 5.74) is 0. The van der Waals surface area contributed by atoms with Gasteiger partial charge < -0.3 is 72.4 Å². The number of carbonyl (C=O) groups excluding carboxylic acids is 6. The van der Waals surface area contributed by atoms with Crippen molar-refractivity contribution in [2.24, 2.45) is 0 Å². The van der Waals surface area contributed by atoms with Crippen LogP contribution in [0.25, 0.3) is 0 Å². The molecule has 0 aliphatic carbocycles. The van der Waals surface area contributed by atoms with Gasteiger partial charge in [-0.3, -0.25) is 19.2 Å². The van der Waals surface area contributed by atoms with E-state index in [0.717, 1.165) is 116 Å². The van der Waals surface area contributed by atoms with Crippen molar-refractivity contribution in [3.63, 3.8) is 0 Å². The number of rotatable bonds is 45. The van der Waals surface area contributed by atoms with Gasteiger partial charge in [-0.05, 0) is 77.0 Å². The van der Waals surface area contributed by atoms with Crippen molar-refractivity contribution in [1.82, 2.24) is 0 Å². The second-order valence-electron chi connectivity index (χ2n) is 20.0. The molecule has 0 aromatic heterocycles. The Morgan fingerprint density at radius 2 is 0.784 bits per heavy atom. The molecule has 4 unspecified atom stereocenters. The predicted molar refractivity (Wildman–Crippen MR) is 285 cm³/mol. The quantitative estimate of drug-likeness (QED) is 0.0295. The Kier molecular flexibility index (Phi) is 54.3. The molecular formula is C56H106Cl2N2O14. The molecule has 4 atom stereocenters. The molecule has 0 bridgehead atoms. The summed E-state index contributed by atoms with van der Waals surface area (Å²) in [6.07, 6.45) is 24.8. The number of ether oxygens (including phenoxy) is 6. The van der Waals surface area contributed by atoms with Gasteiger partial charge in [0.1, 0.15) is 51.7 Å². The Morgan fingerprint density at radius 1 is 0.446 bits per heavy atom. The molecule has 0 radical (unpaired) electrons. The van der Waals surface area contributed by atoms with Gasteiger partial charge in [0.15, 0.2) is 13.1 Å². The van der Waals surface area contributed by atoms with Crippen LogP contribution in [0.1, 0.15) is 197 Å². The number of hydrogen-bond donors (Lipinski definition) is 2. The number of unbranched alkanes of at least 4 members (excludes halogenated alkanes) is 14. The second-order valence-corrected chi connectivity index (χ2v) is 20.0. The summed E-state index contributed by atoms with van der Waals surface area (Å²) in [4.78, 5) is 72.0. The fourth-order valence-electron chi connectivity index (χ4n) is 7.58. The fourth-order valence-corrected chi connectivity index (χ4v) is 7.58. The summed E-state index contributed by atoms with van der Waals surface area (Å²) < 4.78 is 32.7. The van der Waals surface area contributed by atoms with Crippen LogP contribution in [0.15, 0.2) is 24.3 Å². The molecule has 74 heavy (non-hydrogen) atoms. The van der Waals surface area contributed by atoms with Crippen LogP contribution < -0.4 is 24.8 Å². The maximum absolute atomic E-state index is 12.8. The smallest absolute Gasteiger partial charge is 0.362 e. The third-order valence-corrected chi connectivity index (χ3v) is 11.9. The maximum atomic E-state index is 12.8. The maximum Gasteiger partial charge on any atom is 0.362 e. The van der Waals surface area contributed by atoms with Crippen molar-refractivity contribution in [3.8, 4) is 0 Å². The summed E-state index contributed by atoms with van der Waals surface area (Å²) in [7, 11) is 7.49. The van der Waals surface area contributed by atoms with Crippen molar-refractivity contribution < 1.29 is 101 Å². The van der Waals surface area contributed by atoms with E-state index in [9.17, 15) is 39.0 Å². The lowest BCUT2D eigenvalue weighted by Gasteiger charge is -2.30. The van der Waals surface area contributed by atoms with Crippen LogP contribution in [0.5, 0.6) is 0 Å². The van der Waals surface area contributed by atoms with Gasteiger partial charge in [0, 0.05) is 26.7 Å². The van der Waals surface area contributed by atoms with Crippen LogP contribution in [0.3, 0.4) is 0 Å². The lowest BCUT2D eigenvalue weighted by molar-refractivity contribution is -0.883. The number of halogens is 2. The van der Waals surface area contributed by atoms with Crippen molar-refractivity contribution in [2.75, 3.05) is 80.8 Å². The van der Waals surface area contributed by atoms with Crippen molar-refractivity contribution in [1.29, 1.82) is 0 Å². The van der Waals surface area contributed by atoms with Crippen LogP contribution in [0.4, 0.5) is 0 Å². The van der Waals surface area contributed by atoms with E-state index < -0.39 is 24.4 Å². The van der Waals surface area contributed by atoms with Gasteiger partial charge in [-0.25, -0.2) is 9.59 Å². The molecule has 0 saturated heterocycles. The molecule has 0 fully saturated rings. The molecule has 0 aliphatic rings. The van der Waals surface area contributed by atoms with E-state index in [4.69, 9.17) is 28.4 Å². The number of quaternary nitrogens is 2. The number of likely N-dealkylation sites (N-methyl/N-ethyl adjacent to an activating group) is 2. The number of nitrogens with zero attached hydrogens (tertiary/aromatic N) is 2. The van der Waals surface area contributed by atoms with E-state index in [0.29, 0.717) is 60.6 Å². The van der Waals surface area contributed by atoms with Gasteiger partial charge in [0.2, 0.25) is 0 Å². The molecule has 0 rings (SSSR count). The number of aliphatic hydroxyl groups is 2. The minimum Gasteiger partial charge on any atom is -1.00 e. The number of allylic oxidation sites excluding steroid dienone is 2. The number of aliphatic hydroxyl groups excluding tert-OH is 2. The van der Waals surface area contributed by atoms with Crippen LogP contribution in [-0.4, -0.2) is 160 Å². The second kappa shape index (κ2) is 50.5. The average Bonchev–Trinajstić information content (AvgIpc) is 3.27. The summed E-state index contributed by atoms with van der Waals surface area (Å²) >= 11 is 0. The third kappa shape index (κ3) is 49.6. The first-order valence-electron chi connectivity index (χ1n) is 26.6. The number of carbonyl (C=O) groups is 6. The summed E-state index contributed by atoms with van der Waals surface area (Å²) in [5.74, 6) is -2.05. The van der Waals surface area contributed by atoms with Crippen molar-refractivity contribution in [2.45, 2.75) is 221 Å². The number of hydrogen-bond acceptors (Lipinski definition) is 14. The van der Waals surface area contributed by atoms with E-state index in [1.54, 1.807) is 0 Å². The molecule has 0 amide bonds. The Bertz CT molecular complexity index is 1390. The van der Waals surface area contributed by atoms with E-state index in [2.05, 4.69) is 26.0 Å². The first-order valence-corrected chi connectivity index (χ1v) is 26.6. The standard InChI is InChI=1S/C54H98N2O14.2CH4.2ClH/c1-9-11-25-33-49(69-53(63)43-55(5,6)37-39-65-45(3)57)47(59)31-27-21-17-13-15-19-23-29-35-51(61)67-41-42-68-52(62)36-30-24-20-16-14-18-22-28-32-48(60)50(34-26-12-10-2)70-54(64)44-56(7,8)38-40-66-46(4)58;;;;/h21-22,27-28,47-50,59-60H,9-20,23-26,29-44H2,1-8H3;2*1H4;2*1H/q+2;;;;/p-2/b27-21-,28-22-;;;;. The summed E-state index contributed by atoms with van der Waals surface area (Å²) in [6.45, 7) is 8.64. The van der Waals surface area contributed by atoms with Gasteiger partial charge in [-0.1, -0.05) is 117 Å². The van der Waals surface area contributed by atoms with Crippen molar-refractivity contribution >= 4 is 35.8 Å². The molecule has 2 N–H and O–H groups in total. The average molecular weight is 1100 g/mol. The molecule has 0 saturated carbocycles. The van der Waals surface area contributed by atoms with Crippen LogP contribution in [0.2, 0.25) is 0 Å².